The molecular formula is C26H43N7O5. The van der Waals surface area contributed by atoms with Crippen LogP contribution >= 0.6 is 0 Å². The van der Waals surface area contributed by atoms with Crippen molar-refractivity contribution in [1.29, 1.82) is 0 Å². The molecule has 12 heteroatoms. The molecule has 4 heterocycles. The van der Waals surface area contributed by atoms with E-state index in [-0.39, 0.29) is 36.5 Å². The lowest BCUT2D eigenvalue weighted by Gasteiger charge is -2.26. The Morgan fingerprint density at radius 3 is 2.47 bits per heavy atom. The second-order valence-electron chi connectivity index (χ2n) is 9.39. The summed E-state index contributed by atoms with van der Waals surface area (Å²) in [6.45, 7) is 12.7. The Morgan fingerprint density at radius 1 is 1.21 bits per heavy atom. The van der Waals surface area contributed by atoms with E-state index in [0.29, 0.717) is 28.8 Å². The first kappa shape index (κ1) is 31.1. The largest absolute Gasteiger partial charge is 0.478 e. The number of nitrogens with one attached hydrogen (secondary N) is 1. The molecule has 0 radical (unpaired) electrons. The van der Waals surface area contributed by atoms with E-state index in [1.165, 1.54) is 17.1 Å². The number of anilines is 1. The molecule has 0 aromatic carbocycles. The van der Waals surface area contributed by atoms with Crippen LogP contribution < -0.4 is 5.32 Å². The summed E-state index contributed by atoms with van der Waals surface area (Å²) in [6, 6.07) is 0.166. The van der Waals surface area contributed by atoms with Crippen LogP contribution in [0.25, 0.3) is 17.1 Å². The number of rotatable bonds is 10. The summed E-state index contributed by atoms with van der Waals surface area (Å²) in [5.41, 5.74) is 1.23. The number of carbonyl (C=O) groups is 1. The zero-order valence-corrected chi connectivity index (χ0v) is 23.5. The van der Waals surface area contributed by atoms with E-state index in [0.717, 1.165) is 32.8 Å². The highest BCUT2D eigenvalue weighted by Crippen LogP contribution is 2.32. The molecule has 0 aliphatic carbocycles. The number of carboxylic acids is 1. The van der Waals surface area contributed by atoms with Gasteiger partial charge in [-0.05, 0) is 31.1 Å². The molecule has 0 amide bonds. The van der Waals surface area contributed by atoms with Crippen LogP contribution in [0.3, 0.4) is 0 Å². The second kappa shape index (κ2) is 14.7. The van der Waals surface area contributed by atoms with Gasteiger partial charge in [-0.3, -0.25) is 4.57 Å². The number of ether oxygens (including phenoxy) is 1. The van der Waals surface area contributed by atoms with E-state index < -0.39 is 5.97 Å². The van der Waals surface area contributed by atoms with Gasteiger partial charge in [-0.15, -0.1) is 0 Å². The third-order valence-corrected chi connectivity index (χ3v) is 6.52. The van der Waals surface area contributed by atoms with Gasteiger partial charge in [-0.25, -0.2) is 14.5 Å². The van der Waals surface area contributed by atoms with Crippen LogP contribution in [0.1, 0.15) is 83.8 Å². The molecule has 4 rings (SSSR count). The van der Waals surface area contributed by atoms with Crippen LogP contribution in [-0.2, 0) is 4.74 Å². The smallest absolute Gasteiger partial charge is 0.338 e. The number of aliphatic hydroxyl groups excluding tert-OH is 2. The predicted molar refractivity (Wildman–Crippen MR) is 145 cm³/mol. The first-order valence-electron chi connectivity index (χ1n) is 13.3. The minimum absolute atomic E-state index is 0.0346. The molecule has 3 aromatic heterocycles. The molecule has 1 aliphatic heterocycles. The van der Waals surface area contributed by atoms with E-state index in [9.17, 15) is 15.0 Å². The lowest BCUT2D eigenvalue weighted by atomic mass is 9.92. The number of fused-ring (bicyclic) bond motifs is 1. The molecule has 1 fully saturated rings. The van der Waals surface area contributed by atoms with Gasteiger partial charge in [0.1, 0.15) is 6.23 Å². The number of aromatic nitrogens is 6. The van der Waals surface area contributed by atoms with E-state index in [1.807, 2.05) is 18.4 Å². The van der Waals surface area contributed by atoms with Gasteiger partial charge < -0.3 is 25.4 Å². The van der Waals surface area contributed by atoms with Crippen LogP contribution in [0.4, 0.5) is 5.82 Å². The molecule has 212 valence electrons. The third kappa shape index (κ3) is 7.27. The van der Waals surface area contributed by atoms with Crippen LogP contribution in [-0.4, -0.2) is 76.5 Å². The fraction of sp³-hybridized carbons (Fsp3) is 0.654. The van der Waals surface area contributed by atoms with Crippen molar-refractivity contribution in [2.75, 3.05) is 19.0 Å². The molecule has 0 saturated carbocycles. The Kier molecular flexibility index (Phi) is 12.1. The SMILES string of the molecule is CC.CCC(C)CC(Nc1nc(-n2cc(C(=O)O)cn2)nc2c1ncn2C1CC[C@@H](CO)O1)C(C)C.CO. The maximum absolute atomic E-state index is 11.4. The molecule has 4 atom stereocenters. The summed E-state index contributed by atoms with van der Waals surface area (Å²) < 4.78 is 9.17. The highest BCUT2D eigenvalue weighted by molar-refractivity contribution is 5.87. The van der Waals surface area contributed by atoms with Crippen molar-refractivity contribution in [1.82, 2.24) is 29.3 Å². The fourth-order valence-electron chi connectivity index (χ4n) is 4.16. The number of aliphatic hydroxyl groups is 2. The predicted octanol–water partition coefficient (Wildman–Crippen LogP) is 3.89. The summed E-state index contributed by atoms with van der Waals surface area (Å²) in [7, 11) is 1.00. The standard InChI is InChI=1S/C23H33N7O4.C2H6.CH4O/c1-5-14(4)8-17(13(2)3)26-20-19-21(29(12-24-19)18-7-6-16(11-31)34-18)28-23(27-20)30-10-15(9-25-30)22(32)33;2*1-2/h9-10,12-14,16-18,31H,5-8,11H2,1-4H3,(H,32,33)(H,26,27,28);1-2H3;2H,1H3/t14?,16-,17?,18?;;/m0../s1. The van der Waals surface area contributed by atoms with Crippen molar-refractivity contribution < 1.29 is 24.9 Å². The van der Waals surface area contributed by atoms with Gasteiger partial charge in [0.15, 0.2) is 17.0 Å². The normalized spacial score (nSPS) is 18.4. The molecule has 0 bridgehead atoms. The van der Waals surface area contributed by atoms with Gasteiger partial charge in [-0.1, -0.05) is 48.0 Å². The van der Waals surface area contributed by atoms with Gasteiger partial charge in [0.2, 0.25) is 0 Å². The number of hydrogen-bond acceptors (Lipinski definition) is 9. The molecule has 1 saturated heterocycles. The minimum atomic E-state index is -1.07. The Balaban J connectivity index is 0.00000121. The number of carboxylic acid groups (broad SMARTS) is 1. The third-order valence-electron chi connectivity index (χ3n) is 6.52. The molecular weight excluding hydrogens is 490 g/mol. The summed E-state index contributed by atoms with van der Waals surface area (Å²) in [6.07, 6.45) is 7.36. The van der Waals surface area contributed by atoms with Gasteiger partial charge in [0.25, 0.3) is 5.95 Å². The molecule has 38 heavy (non-hydrogen) atoms. The molecule has 3 unspecified atom stereocenters. The van der Waals surface area contributed by atoms with Crippen molar-refractivity contribution in [3.05, 3.63) is 24.3 Å². The average molecular weight is 534 g/mol. The van der Waals surface area contributed by atoms with Gasteiger partial charge in [-0.2, -0.15) is 15.1 Å². The second-order valence-corrected chi connectivity index (χ2v) is 9.39. The first-order valence-corrected chi connectivity index (χ1v) is 13.3. The summed E-state index contributed by atoms with van der Waals surface area (Å²) in [5, 5.41) is 33.5. The van der Waals surface area contributed by atoms with E-state index in [2.05, 4.69) is 48.1 Å². The average Bonchev–Trinajstić information content (AvgIpc) is 3.69. The lowest BCUT2D eigenvalue weighted by Crippen LogP contribution is -2.28. The zero-order chi connectivity index (χ0) is 28.4. The highest BCUT2D eigenvalue weighted by Gasteiger charge is 2.29. The molecule has 3 aromatic rings. The maximum Gasteiger partial charge on any atom is 0.338 e. The monoisotopic (exact) mass is 533 g/mol. The van der Waals surface area contributed by atoms with Crippen molar-refractivity contribution in [2.24, 2.45) is 11.8 Å². The van der Waals surface area contributed by atoms with Gasteiger partial charge >= 0.3 is 5.97 Å². The summed E-state index contributed by atoms with van der Waals surface area (Å²) in [4.78, 5) is 25.3. The Bertz CT molecular complexity index is 1150. The maximum atomic E-state index is 11.4. The van der Waals surface area contributed by atoms with Crippen molar-refractivity contribution in [3.8, 4) is 5.95 Å². The number of hydrogen-bond donors (Lipinski definition) is 4. The van der Waals surface area contributed by atoms with Crippen LogP contribution in [0.2, 0.25) is 0 Å². The Labute approximate surface area is 224 Å². The Hall–Kier alpha value is -3.09. The van der Waals surface area contributed by atoms with Crippen molar-refractivity contribution in [2.45, 2.75) is 85.6 Å². The van der Waals surface area contributed by atoms with Gasteiger partial charge in [0.05, 0.1) is 30.8 Å². The van der Waals surface area contributed by atoms with Crippen LogP contribution in [0.15, 0.2) is 18.7 Å². The fourth-order valence-corrected chi connectivity index (χ4v) is 4.16. The van der Waals surface area contributed by atoms with Crippen molar-refractivity contribution >= 4 is 23.0 Å². The molecule has 1 aliphatic rings. The molecule has 0 spiro atoms. The van der Waals surface area contributed by atoms with E-state index in [1.54, 1.807) is 6.33 Å². The summed E-state index contributed by atoms with van der Waals surface area (Å²) in [5.74, 6) is 0.646. The van der Waals surface area contributed by atoms with E-state index >= 15 is 0 Å². The van der Waals surface area contributed by atoms with E-state index in [4.69, 9.17) is 14.8 Å². The zero-order valence-electron chi connectivity index (χ0n) is 23.5. The minimum Gasteiger partial charge on any atom is -0.478 e. The Morgan fingerprint density at radius 2 is 1.92 bits per heavy atom. The first-order chi connectivity index (χ1) is 18.3. The number of nitrogens with zero attached hydrogens (tertiary/aromatic N) is 6. The highest BCUT2D eigenvalue weighted by atomic mass is 16.5. The lowest BCUT2D eigenvalue weighted by molar-refractivity contribution is -0.0207. The molecule has 12 nitrogen and oxygen atoms in total. The topological polar surface area (TPSA) is 160 Å². The quantitative estimate of drug-likeness (QED) is 0.301. The molecule has 4 N–H and O–H groups in total. The van der Waals surface area contributed by atoms with Crippen molar-refractivity contribution in [3.63, 3.8) is 0 Å². The number of aromatic carboxylic acids is 1. The van der Waals surface area contributed by atoms with Crippen LogP contribution in [0, 0.1) is 11.8 Å². The van der Waals surface area contributed by atoms with Crippen LogP contribution in [0.5, 0.6) is 0 Å². The summed E-state index contributed by atoms with van der Waals surface area (Å²) >= 11 is 0. The number of imidazole rings is 1. The van der Waals surface area contributed by atoms with Gasteiger partial charge in [0, 0.05) is 19.3 Å².